The molecular weight excluding hydrogens is 238 g/mol. The quantitative estimate of drug-likeness (QED) is 0.770. The van der Waals surface area contributed by atoms with Crippen LogP contribution in [0.2, 0.25) is 0 Å². The van der Waals surface area contributed by atoms with E-state index in [2.05, 4.69) is 30.4 Å². The lowest BCUT2D eigenvalue weighted by atomic mass is 9.90. The molecule has 0 spiro atoms. The number of aryl methyl sites for hydroxylation is 1. The van der Waals surface area contributed by atoms with Crippen molar-refractivity contribution in [3.63, 3.8) is 0 Å². The van der Waals surface area contributed by atoms with Gasteiger partial charge < -0.3 is 9.64 Å². The van der Waals surface area contributed by atoms with E-state index in [1.807, 2.05) is 11.0 Å². The largest absolute Gasteiger partial charge is 0.497 e. The smallest absolute Gasteiger partial charge is 0.227 e. The molecule has 0 unspecified atom stereocenters. The van der Waals surface area contributed by atoms with Gasteiger partial charge in [-0.05, 0) is 29.7 Å². The molecule has 0 bridgehead atoms. The molecule has 2 heterocycles. The first-order valence-electron chi connectivity index (χ1n) is 6.67. The fraction of sp³-hybridized carbons (Fsp3) is 0.312. The number of fused-ring (bicyclic) bond motifs is 3. The van der Waals surface area contributed by atoms with Gasteiger partial charge in [-0.25, -0.2) is 0 Å². The highest BCUT2D eigenvalue weighted by Crippen LogP contribution is 2.49. The maximum absolute atomic E-state index is 12.3. The molecule has 2 aliphatic heterocycles. The van der Waals surface area contributed by atoms with Crippen LogP contribution in [0, 0.1) is 0 Å². The summed E-state index contributed by atoms with van der Waals surface area (Å²) in [7, 11) is 1.70. The summed E-state index contributed by atoms with van der Waals surface area (Å²) >= 11 is 0. The van der Waals surface area contributed by atoms with Crippen molar-refractivity contribution < 1.29 is 9.53 Å². The van der Waals surface area contributed by atoms with Crippen LogP contribution in [-0.2, 0) is 11.2 Å². The van der Waals surface area contributed by atoms with Crippen molar-refractivity contribution in [3.8, 4) is 5.75 Å². The van der Waals surface area contributed by atoms with Crippen molar-refractivity contribution in [2.75, 3.05) is 12.0 Å². The normalized spacial score (nSPS) is 26.4. The van der Waals surface area contributed by atoms with Gasteiger partial charge in [-0.3, -0.25) is 4.79 Å². The molecule has 0 radical (unpaired) electrons. The van der Waals surface area contributed by atoms with E-state index in [-0.39, 0.29) is 17.9 Å². The zero-order chi connectivity index (χ0) is 13.0. The molecule has 2 atom stereocenters. The first-order valence-corrected chi connectivity index (χ1v) is 6.67. The second-order valence-electron chi connectivity index (χ2n) is 5.27. The Bertz CT molecular complexity index is 630. The van der Waals surface area contributed by atoms with E-state index in [0.717, 1.165) is 17.9 Å². The third kappa shape index (κ3) is 1.35. The molecule has 96 valence electrons. The van der Waals surface area contributed by atoms with Gasteiger partial charge in [0.05, 0.1) is 18.8 Å². The average molecular weight is 253 g/mol. The lowest BCUT2D eigenvalue weighted by Gasteiger charge is -2.30. The summed E-state index contributed by atoms with van der Waals surface area (Å²) < 4.78 is 5.40. The number of anilines is 1. The zero-order valence-corrected chi connectivity index (χ0v) is 10.8. The second kappa shape index (κ2) is 3.73. The highest BCUT2D eigenvalue weighted by molar-refractivity contribution is 6.01. The Balaban J connectivity index is 1.98. The van der Waals surface area contributed by atoms with Crippen molar-refractivity contribution >= 4 is 11.6 Å². The summed E-state index contributed by atoms with van der Waals surface area (Å²) in [6.07, 6.45) is 9.83. The van der Waals surface area contributed by atoms with Crippen LogP contribution < -0.4 is 9.64 Å². The van der Waals surface area contributed by atoms with Crippen molar-refractivity contribution in [2.24, 2.45) is 0 Å². The molecule has 19 heavy (non-hydrogen) atoms. The van der Waals surface area contributed by atoms with Crippen LogP contribution in [0.3, 0.4) is 0 Å². The van der Waals surface area contributed by atoms with Crippen LogP contribution in [0.4, 0.5) is 5.69 Å². The van der Waals surface area contributed by atoms with Crippen molar-refractivity contribution in [1.82, 2.24) is 0 Å². The minimum absolute atomic E-state index is 0.152. The van der Waals surface area contributed by atoms with Crippen molar-refractivity contribution in [3.05, 3.63) is 47.6 Å². The number of carbonyl (C=O) groups is 1. The van der Waals surface area contributed by atoms with E-state index in [1.165, 1.54) is 11.1 Å². The minimum Gasteiger partial charge on any atom is -0.497 e. The maximum atomic E-state index is 12.3. The number of hydrogen-bond donors (Lipinski definition) is 0. The van der Waals surface area contributed by atoms with E-state index < -0.39 is 0 Å². The number of amides is 1. The molecule has 1 aromatic carbocycles. The van der Waals surface area contributed by atoms with Gasteiger partial charge in [-0.1, -0.05) is 24.3 Å². The molecule has 3 heteroatoms. The van der Waals surface area contributed by atoms with Gasteiger partial charge in [0.25, 0.3) is 0 Å². The monoisotopic (exact) mass is 253 g/mol. The number of allylic oxidation sites excluding steroid dienone is 2. The molecule has 0 N–H and O–H groups in total. The fourth-order valence-corrected chi connectivity index (χ4v) is 3.48. The first kappa shape index (κ1) is 10.9. The topological polar surface area (TPSA) is 29.5 Å². The standard InChI is InChI=1S/C16H15NO2/c1-19-11-8-10-6-7-15(18)17-14-5-3-2-4-12(14)13(9-11)16(10)17/h2-5,8-9,12,14H,6-7H2,1H3/t12-,14-/m1/s1. The predicted molar refractivity (Wildman–Crippen MR) is 73.6 cm³/mol. The number of benzene rings is 1. The lowest BCUT2D eigenvalue weighted by molar-refractivity contribution is -0.119. The lowest BCUT2D eigenvalue weighted by Crippen LogP contribution is -2.40. The number of methoxy groups -OCH3 is 1. The minimum atomic E-state index is 0.152. The van der Waals surface area contributed by atoms with E-state index in [4.69, 9.17) is 4.74 Å². The molecule has 0 saturated carbocycles. The van der Waals surface area contributed by atoms with Gasteiger partial charge >= 0.3 is 0 Å². The average Bonchev–Trinajstić information content (AvgIpc) is 2.79. The van der Waals surface area contributed by atoms with Crippen LogP contribution in [0.5, 0.6) is 5.75 Å². The Morgan fingerprint density at radius 1 is 1.21 bits per heavy atom. The number of carbonyl (C=O) groups excluding carboxylic acids is 1. The Kier molecular flexibility index (Phi) is 2.13. The zero-order valence-electron chi connectivity index (χ0n) is 10.8. The molecule has 3 aliphatic rings. The summed E-state index contributed by atoms with van der Waals surface area (Å²) in [4.78, 5) is 14.3. The van der Waals surface area contributed by atoms with E-state index in [1.54, 1.807) is 7.11 Å². The molecule has 0 aromatic heterocycles. The first-order chi connectivity index (χ1) is 9.29. The molecule has 0 fully saturated rings. The van der Waals surface area contributed by atoms with Crippen LogP contribution >= 0.6 is 0 Å². The van der Waals surface area contributed by atoms with Crippen LogP contribution in [-0.4, -0.2) is 19.1 Å². The molecular formula is C16H15NO2. The fourth-order valence-electron chi connectivity index (χ4n) is 3.48. The number of nitrogens with zero attached hydrogens (tertiary/aromatic N) is 1. The summed E-state index contributed by atoms with van der Waals surface area (Å²) in [6.45, 7) is 0. The molecule has 1 amide bonds. The van der Waals surface area contributed by atoms with Gasteiger partial charge in [0, 0.05) is 12.3 Å². The Morgan fingerprint density at radius 2 is 2.05 bits per heavy atom. The van der Waals surface area contributed by atoms with Crippen LogP contribution in [0.25, 0.3) is 0 Å². The summed E-state index contributed by atoms with van der Waals surface area (Å²) in [5.74, 6) is 1.41. The highest BCUT2D eigenvalue weighted by atomic mass is 16.5. The summed E-state index contributed by atoms with van der Waals surface area (Å²) in [5.41, 5.74) is 3.60. The molecule has 4 rings (SSSR count). The number of rotatable bonds is 1. The van der Waals surface area contributed by atoms with Gasteiger partial charge in [0.2, 0.25) is 5.91 Å². The summed E-state index contributed by atoms with van der Waals surface area (Å²) in [5, 5.41) is 0. The molecule has 0 saturated heterocycles. The van der Waals surface area contributed by atoms with Gasteiger partial charge in [0.15, 0.2) is 0 Å². The molecule has 3 nitrogen and oxygen atoms in total. The van der Waals surface area contributed by atoms with Gasteiger partial charge in [0.1, 0.15) is 5.75 Å². The highest BCUT2D eigenvalue weighted by Gasteiger charge is 2.43. The second-order valence-corrected chi connectivity index (χ2v) is 5.27. The Morgan fingerprint density at radius 3 is 2.89 bits per heavy atom. The van der Waals surface area contributed by atoms with Gasteiger partial charge in [-0.15, -0.1) is 0 Å². The molecule has 1 aliphatic carbocycles. The third-order valence-corrected chi connectivity index (χ3v) is 4.31. The summed E-state index contributed by atoms with van der Waals surface area (Å²) in [6, 6.07) is 4.31. The molecule has 1 aromatic rings. The van der Waals surface area contributed by atoms with E-state index in [9.17, 15) is 4.79 Å². The van der Waals surface area contributed by atoms with Crippen LogP contribution in [0.1, 0.15) is 23.5 Å². The van der Waals surface area contributed by atoms with Crippen molar-refractivity contribution in [1.29, 1.82) is 0 Å². The SMILES string of the molecule is COc1cc2c3c(c1)[C@H]1C=CC=C[C@H]1N3C(=O)CC2. The van der Waals surface area contributed by atoms with Gasteiger partial charge in [-0.2, -0.15) is 0 Å². The number of ether oxygens (including phenoxy) is 1. The maximum Gasteiger partial charge on any atom is 0.227 e. The Labute approximate surface area is 112 Å². The van der Waals surface area contributed by atoms with Crippen molar-refractivity contribution in [2.45, 2.75) is 24.8 Å². The van der Waals surface area contributed by atoms with Crippen LogP contribution in [0.15, 0.2) is 36.4 Å². The van der Waals surface area contributed by atoms with E-state index in [0.29, 0.717) is 6.42 Å². The number of hydrogen-bond acceptors (Lipinski definition) is 2. The van der Waals surface area contributed by atoms with E-state index >= 15 is 0 Å². The third-order valence-electron chi connectivity index (χ3n) is 4.31. The predicted octanol–water partition coefficient (Wildman–Crippen LogP) is 2.57. The Hall–Kier alpha value is -2.03.